The van der Waals surface area contributed by atoms with Crippen LogP contribution in [0.2, 0.25) is 0 Å². The van der Waals surface area contributed by atoms with Gasteiger partial charge in [-0.25, -0.2) is 4.98 Å². The fourth-order valence-electron chi connectivity index (χ4n) is 3.83. The lowest BCUT2D eigenvalue weighted by Gasteiger charge is -2.21. The lowest BCUT2D eigenvalue weighted by molar-refractivity contribution is 0.355. The first-order valence-electron chi connectivity index (χ1n) is 11.1. The molecule has 4 atom stereocenters. The molecular weight excluding hydrogens is 450 g/mol. The van der Waals surface area contributed by atoms with Gasteiger partial charge in [0.1, 0.15) is 23.7 Å². The van der Waals surface area contributed by atoms with Crippen LogP contribution in [0.4, 0.5) is 11.6 Å². The highest BCUT2D eigenvalue weighted by atomic mass is 32.2. The van der Waals surface area contributed by atoms with Gasteiger partial charge in [-0.05, 0) is 43.2 Å². The third kappa shape index (κ3) is 5.17. The maximum Gasteiger partial charge on any atom is 0.249 e. The minimum Gasteiger partial charge on any atom is -0.593 e. The average Bonchev–Trinajstić information content (AvgIpc) is 3.29. The third-order valence-corrected chi connectivity index (χ3v) is 7.12. The molecule has 178 valence electrons. The zero-order chi connectivity index (χ0) is 24.5. The number of aromatic nitrogens is 3. The summed E-state index contributed by atoms with van der Waals surface area (Å²) < 4.78 is 19.7. The van der Waals surface area contributed by atoms with Crippen LogP contribution in [-0.4, -0.2) is 39.6 Å². The SMILES string of the molecule is CC1CC1CNc1cc(-c2nnc([C@](C)(N)Cc3ccccc3)o2)c(C#N)c(N(C)[S+](C)[O-])n1. The number of nitrogens with two attached hydrogens (primary N) is 1. The topological polar surface area (TPSA) is 140 Å². The molecule has 1 aromatic carbocycles. The van der Waals surface area contributed by atoms with Crippen LogP contribution in [0, 0.1) is 23.2 Å². The monoisotopic (exact) mass is 479 g/mol. The van der Waals surface area contributed by atoms with Gasteiger partial charge in [-0.2, -0.15) is 9.57 Å². The summed E-state index contributed by atoms with van der Waals surface area (Å²) >= 11 is -1.38. The molecule has 1 saturated carbocycles. The first-order chi connectivity index (χ1) is 16.2. The van der Waals surface area contributed by atoms with Crippen molar-refractivity contribution in [2.45, 2.75) is 32.2 Å². The molecule has 0 saturated heterocycles. The van der Waals surface area contributed by atoms with E-state index >= 15 is 0 Å². The van der Waals surface area contributed by atoms with E-state index in [0.29, 0.717) is 29.6 Å². The summed E-state index contributed by atoms with van der Waals surface area (Å²) in [6.45, 7) is 4.81. The van der Waals surface area contributed by atoms with E-state index in [0.717, 1.165) is 12.1 Å². The van der Waals surface area contributed by atoms with Crippen LogP contribution in [0.25, 0.3) is 11.5 Å². The zero-order valence-corrected chi connectivity index (χ0v) is 20.6. The van der Waals surface area contributed by atoms with E-state index in [1.54, 1.807) is 13.1 Å². The van der Waals surface area contributed by atoms with Gasteiger partial charge in [0.25, 0.3) is 0 Å². The lowest BCUT2D eigenvalue weighted by Crippen LogP contribution is -2.35. The molecule has 0 aliphatic heterocycles. The van der Waals surface area contributed by atoms with E-state index in [1.165, 1.54) is 17.0 Å². The van der Waals surface area contributed by atoms with Crippen LogP contribution in [0.15, 0.2) is 40.8 Å². The number of hydrogen-bond acceptors (Lipinski definition) is 9. The number of rotatable bonds is 9. The van der Waals surface area contributed by atoms with Crippen LogP contribution in [0.3, 0.4) is 0 Å². The summed E-state index contributed by atoms with van der Waals surface area (Å²) in [4.78, 5) is 4.57. The van der Waals surface area contributed by atoms with Crippen molar-refractivity contribution in [3.8, 4) is 17.5 Å². The van der Waals surface area contributed by atoms with Crippen molar-refractivity contribution in [3.05, 3.63) is 53.4 Å². The Bertz CT molecular complexity index is 1190. The van der Waals surface area contributed by atoms with E-state index in [1.807, 2.05) is 37.3 Å². The van der Waals surface area contributed by atoms with Crippen molar-refractivity contribution < 1.29 is 8.97 Å². The predicted molar refractivity (Wildman–Crippen MR) is 132 cm³/mol. The molecule has 2 aromatic heterocycles. The van der Waals surface area contributed by atoms with Gasteiger partial charge in [0, 0.05) is 6.54 Å². The molecule has 3 aromatic rings. The van der Waals surface area contributed by atoms with Crippen LogP contribution >= 0.6 is 0 Å². The molecular formula is C24H29N7O2S. The summed E-state index contributed by atoms with van der Waals surface area (Å²) in [5.41, 5.74) is 7.32. The molecule has 2 heterocycles. The Labute approximate surface area is 202 Å². The summed E-state index contributed by atoms with van der Waals surface area (Å²) in [5.74, 6) is 2.54. The minimum absolute atomic E-state index is 0.165. The minimum atomic E-state index is -1.38. The molecule has 0 amide bonds. The van der Waals surface area contributed by atoms with E-state index in [9.17, 15) is 9.81 Å². The summed E-state index contributed by atoms with van der Waals surface area (Å²) in [5, 5.41) is 21.7. The summed E-state index contributed by atoms with van der Waals surface area (Å²) in [6, 6.07) is 13.7. The van der Waals surface area contributed by atoms with Crippen LogP contribution < -0.4 is 15.4 Å². The van der Waals surface area contributed by atoms with Crippen LogP contribution in [0.1, 0.15) is 37.3 Å². The normalized spacial score (nSPS) is 19.7. The molecule has 0 bridgehead atoms. The quantitative estimate of drug-likeness (QED) is 0.443. The number of nitrogens with zero attached hydrogens (tertiary/aromatic N) is 5. The van der Waals surface area contributed by atoms with Gasteiger partial charge in [-0.1, -0.05) is 37.3 Å². The van der Waals surface area contributed by atoms with E-state index < -0.39 is 16.9 Å². The van der Waals surface area contributed by atoms with E-state index in [-0.39, 0.29) is 23.2 Å². The zero-order valence-electron chi connectivity index (χ0n) is 19.8. The number of pyridine rings is 1. The smallest absolute Gasteiger partial charge is 0.249 e. The Morgan fingerprint density at radius 1 is 1.35 bits per heavy atom. The molecule has 0 spiro atoms. The molecule has 9 nitrogen and oxygen atoms in total. The highest BCUT2D eigenvalue weighted by molar-refractivity contribution is 7.92. The highest BCUT2D eigenvalue weighted by Gasteiger charge is 2.33. The summed E-state index contributed by atoms with van der Waals surface area (Å²) in [7, 11) is 1.63. The Morgan fingerprint density at radius 3 is 2.68 bits per heavy atom. The van der Waals surface area contributed by atoms with Crippen molar-refractivity contribution >= 4 is 23.0 Å². The van der Waals surface area contributed by atoms with E-state index in [2.05, 4.69) is 33.5 Å². The van der Waals surface area contributed by atoms with Crippen LogP contribution in [-0.2, 0) is 23.3 Å². The molecule has 1 aliphatic carbocycles. The Kier molecular flexibility index (Phi) is 6.79. The number of hydrogen-bond donors (Lipinski definition) is 2. The second kappa shape index (κ2) is 9.62. The molecule has 34 heavy (non-hydrogen) atoms. The standard InChI is InChI=1S/C24H29N7O2S/c1-15-10-17(15)14-27-20-11-18(19(13-25)21(28-20)31(3)34(4)32)22-29-30-23(33-22)24(2,26)12-16-8-6-5-7-9-16/h5-9,11,15,17H,10,12,14,26H2,1-4H3,(H,27,28)/t15?,17?,24-,34?/m1/s1. The van der Waals surface area contributed by atoms with Crippen molar-refractivity contribution in [2.75, 3.05) is 29.5 Å². The Morgan fingerprint density at radius 2 is 2.06 bits per heavy atom. The number of benzene rings is 1. The lowest BCUT2D eigenvalue weighted by atomic mass is 9.94. The largest absolute Gasteiger partial charge is 0.593 e. The van der Waals surface area contributed by atoms with Crippen LogP contribution in [0.5, 0.6) is 0 Å². The molecule has 0 radical (unpaired) electrons. The van der Waals surface area contributed by atoms with Gasteiger partial charge in [0.05, 0.1) is 29.5 Å². The average molecular weight is 480 g/mol. The fraction of sp³-hybridized carbons (Fsp3) is 0.417. The first-order valence-corrected chi connectivity index (χ1v) is 12.6. The molecule has 3 unspecified atom stereocenters. The molecule has 4 rings (SSSR count). The number of nitriles is 1. The first kappa shape index (κ1) is 24.0. The predicted octanol–water partition coefficient (Wildman–Crippen LogP) is 3.22. The number of anilines is 2. The number of nitrogens with one attached hydrogen (secondary N) is 1. The van der Waals surface area contributed by atoms with Gasteiger partial charge < -0.3 is 20.0 Å². The fourth-order valence-corrected chi connectivity index (χ4v) is 4.20. The third-order valence-electron chi connectivity index (χ3n) is 6.18. The van der Waals surface area contributed by atoms with Gasteiger partial charge in [0.15, 0.2) is 5.82 Å². The van der Waals surface area contributed by atoms with Gasteiger partial charge in [0.2, 0.25) is 11.8 Å². The maximum absolute atomic E-state index is 12.2. The van der Waals surface area contributed by atoms with Crippen molar-refractivity contribution in [3.63, 3.8) is 0 Å². The highest BCUT2D eigenvalue weighted by Crippen LogP contribution is 2.38. The molecule has 1 aliphatic rings. The van der Waals surface area contributed by atoms with Crippen molar-refractivity contribution in [1.82, 2.24) is 15.2 Å². The van der Waals surface area contributed by atoms with Gasteiger partial charge >= 0.3 is 0 Å². The molecule has 10 heteroatoms. The second-order valence-electron chi connectivity index (χ2n) is 9.13. The molecule has 3 N–H and O–H groups in total. The van der Waals surface area contributed by atoms with Gasteiger partial charge in [-0.15, -0.1) is 10.2 Å². The maximum atomic E-state index is 12.2. The Balaban J connectivity index is 1.70. The van der Waals surface area contributed by atoms with Crippen molar-refractivity contribution in [2.24, 2.45) is 17.6 Å². The van der Waals surface area contributed by atoms with Gasteiger partial charge in [-0.3, -0.25) is 0 Å². The molecule has 1 fully saturated rings. The summed E-state index contributed by atoms with van der Waals surface area (Å²) in [6.07, 6.45) is 3.21. The van der Waals surface area contributed by atoms with Crippen molar-refractivity contribution in [1.29, 1.82) is 5.26 Å². The Hall–Kier alpha value is -3.13. The second-order valence-corrected chi connectivity index (χ2v) is 10.5. The van der Waals surface area contributed by atoms with E-state index in [4.69, 9.17) is 10.2 Å².